The third-order valence-corrected chi connectivity index (χ3v) is 4.75. The largest absolute Gasteiger partial charge is 0.378 e. The molecule has 0 N–H and O–H groups in total. The normalized spacial score (nSPS) is 20.8. The molecule has 0 unspecified atom stereocenters. The highest BCUT2D eigenvalue weighted by Gasteiger charge is 2.39. The monoisotopic (exact) mass is 385 g/mol. The van der Waals surface area contributed by atoms with Gasteiger partial charge in [0.15, 0.2) is 0 Å². The number of allylic oxidation sites excluding steroid dienone is 2. The molecule has 1 saturated heterocycles. The molecule has 0 amide bonds. The fourth-order valence-electron chi connectivity index (χ4n) is 3.15. The van der Waals surface area contributed by atoms with E-state index in [4.69, 9.17) is 39.5 Å². The van der Waals surface area contributed by atoms with Gasteiger partial charge in [-0.05, 0) is 30.1 Å². The van der Waals surface area contributed by atoms with Gasteiger partial charge in [0.2, 0.25) is 5.78 Å². The molecule has 3 rings (SSSR count). The molecule has 6 heteroatoms. The highest BCUT2D eigenvalue weighted by atomic mass is 35.6. The van der Waals surface area contributed by atoms with Crippen molar-refractivity contribution in [1.82, 2.24) is 4.90 Å². The van der Waals surface area contributed by atoms with E-state index in [9.17, 15) is 4.79 Å². The van der Waals surface area contributed by atoms with E-state index in [2.05, 4.69) is 11.0 Å². The number of carbonyl (C=O) groups excluding carboxylic acids is 1. The van der Waals surface area contributed by atoms with Gasteiger partial charge in [0.1, 0.15) is 0 Å². The zero-order chi connectivity index (χ0) is 17.2. The Balaban J connectivity index is 2.02. The van der Waals surface area contributed by atoms with Crippen molar-refractivity contribution in [2.45, 2.75) is 16.6 Å². The van der Waals surface area contributed by atoms with Crippen LogP contribution in [0.25, 0.3) is 6.08 Å². The van der Waals surface area contributed by atoms with Crippen LogP contribution in [0.1, 0.15) is 18.4 Å². The Morgan fingerprint density at radius 2 is 1.75 bits per heavy atom. The Bertz CT molecular complexity index is 671. The summed E-state index contributed by atoms with van der Waals surface area (Å²) in [5, 5.41) is 0. The molecular formula is C18H18Cl3NO2. The minimum Gasteiger partial charge on any atom is -0.378 e. The summed E-state index contributed by atoms with van der Waals surface area (Å²) in [7, 11) is 0. The molecule has 0 aromatic heterocycles. The summed E-state index contributed by atoms with van der Waals surface area (Å²) in [6, 6.07) is 10.0. The second kappa shape index (κ2) is 7.49. The van der Waals surface area contributed by atoms with E-state index in [1.54, 1.807) is 0 Å². The van der Waals surface area contributed by atoms with Crippen LogP contribution in [0, 0.1) is 0 Å². The smallest absolute Gasteiger partial charge is 0.253 e. The molecule has 1 fully saturated rings. The Morgan fingerprint density at radius 1 is 1.08 bits per heavy atom. The van der Waals surface area contributed by atoms with Crippen molar-refractivity contribution >= 4 is 46.7 Å². The number of halogens is 3. The van der Waals surface area contributed by atoms with Crippen molar-refractivity contribution in [2.75, 3.05) is 26.3 Å². The average molecular weight is 387 g/mol. The van der Waals surface area contributed by atoms with E-state index in [0.717, 1.165) is 36.3 Å². The van der Waals surface area contributed by atoms with Gasteiger partial charge in [-0.2, -0.15) is 0 Å². The first kappa shape index (κ1) is 17.8. The molecule has 1 aromatic carbocycles. The maximum Gasteiger partial charge on any atom is 0.253 e. The Hall–Kier alpha value is -1.000. The lowest BCUT2D eigenvalue weighted by molar-refractivity contribution is -0.115. The number of morpholine rings is 1. The van der Waals surface area contributed by atoms with Crippen molar-refractivity contribution in [3.63, 3.8) is 0 Å². The molecule has 0 bridgehead atoms. The number of carbonyl (C=O) groups is 1. The maximum atomic E-state index is 12.6. The van der Waals surface area contributed by atoms with Gasteiger partial charge in [-0.3, -0.25) is 4.79 Å². The quantitative estimate of drug-likeness (QED) is 0.722. The van der Waals surface area contributed by atoms with Crippen LogP contribution in [0.4, 0.5) is 0 Å². The van der Waals surface area contributed by atoms with Crippen LogP contribution in [0.15, 0.2) is 47.2 Å². The molecule has 0 atom stereocenters. The zero-order valence-electron chi connectivity index (χ0n) is 13.1. The van der Waals surface area contributed by atoms with Crippen LogP contribution < -0.4 is 0 Å². The molecule has 24 heavy (non-hydrogen) atoms. The lowest BCUT2D eigenvalue weighted by Crippen LogP contribution is -2.37. The highest BCUT2D eigenvalue weighted by Crippen LogP contribution is 2.41. The van der Waals surface area contributed by atoms with Gasteiger partial charge in [0.05, 0.1) is 13.2 Å². The second-order valence-corrected chi connectivity index (χ2v) is 8.11. The van der Waals surface area contributed by atoms with Crippen molar-refractivity contribution in [3.8, 4) is 0 Å². The molecular weight excluding hydrogens is 369 g/mol. The minimum atomic E-state index is -1.92. The second-order valence-electron chi connectivity index (χ2n) is 5.83. The lowest BCUT2D eigenvalue weighted by Gasteiger charge is -2.32. The van der Waals surface area contributed by atoms with Crippen LogP contribution in [0.3, 0.4) is 0 Å². The predicted molar refractivity (Wildman–Crippen MR) is 98.4 cm³/mol. The van der Waals surface area contributed by atoms with Crippen LogP contribution in [0.5, 0.6) is 0 Å². The first-order valence-corrected chi connectivity index (χ1v) is 9.03. The Kier molecular flexibility index (Phi) is 5.56. The number of ether oxygens (including phenoxy) is 1. The molecule has 128 valence electrons. The number of alkyl halides is 3. The fraction of sp³-hybridized carbons (Fsp3) is 0.389. The van der Waals surface area contributed by atoms with Gasteiger partial charge < -0.3 is 9.64 Å². The third kappa shape index (κ3) is 3.97. The first-order valence-electron chi connectivity index (χ1n) is 7.90. The summed E-state index contributed by atoms with van der Waals surface area (Å²) in [5.41, 5.74) is 3.74. The molecule has 0 saturated carbocycles. The summed E-state index contributed by atoms with van der Waals surface area (Å²) in [4.78, 5) is 14.8. The Labute approximate surface area is 156 Å². The fourth-order valence-corrected chi connectivity index (χ4v) is 3.50. The number of Topliss-reactive ketones (excluding diaryl/α,β-unsaturated/α-hetero) is 1. The number of hydrogen-bond acceptors (Lipinski definition) is 3. The van der Waals surface area contributed by atoms with Gasteiger partial charge in [0, 0.05) is 24.4 Å². The molecule has 2 aliphatic rings. The summed E-state index contributed by atoms with van der Waals surface area (Å²) < 4.78 is 3.51. The summed E-state index contributed by atoms with van der Waals surface area (Å²) in [6.07, 6.45) is 3.48. The molecule has 0 spiro atoms. The Morgan fingerprint density at radius 3 is 2.38 bits per heavy atom. The molecule has 1 heterocycles. The average Bonchev–Trinajstić information content (AvgIpc) is 2.98. The zero-order valence-corrected chi connectivity index (χ0v) is 15.4. The molecule has 1 aliphatic heterocycles. The van der Waals surface area contributed by atoms with Crippen LogP contribution >= 0.6 is 34.8 Å². The van der Waals surface area contributed by atoms with E-state index in [1.807, 2.05) is 30.3 Å². The summed E-state index contributed by atoms with van der Waals surface area (Å²) >= 11 is 17.6. The van der Waals surface area contributed by atoms with E-state index in [0.29, 0.717) is 25.2 Å². The lowest BCUT2D eigenvalue weighted by atomic mass is 10.1. The van der Waals surface area contributed by atoms with Crippen LogP contribution in [-0.4, -0.2) is 40.8 Å². The number of nitrogens with zero attached hydrogens (tertiary/aromatic N) is 1. The van der Waals surface area contributed by atoms with E-state index >= 15 is 0 Å². The number of rotatable bonds is 3. The number of benzene rings is 1. The first-order chi connectivity index (χ1) is 11.5. The highest BCUT2D eigenvalue weighted by molar-refractivity contribution is 6.77. The molecule has 1 aliphatic carbocycles. The van der Waals surface area contributed by atoms with Crippen molar-refractivity contribution in [2.24, 2.45) is 0 Å². The maximum absolute atomic E-state index is 12.6. The SMILES string of the molecule is O=C(C1=C(N2CCOCC2)/C(=C/c2ccccc2)CC1)C(Cl)(Cl)Cl. The van der Waals surface area contributed by atoms with Crippen molar-refractivity contribution < 1.29 is 9.53 Å². The summed E-state index contributed by atoms with van der Waals surface area (Å²) in [5.74, 6) is -0.426. The van der Waals surface area contributed by atoms with Gasteiger partial charge in [-0.15, -0.1) is 0 Å². The standard InChI is InChI=1S/C18H18Cl3NO2/c19-18(20,21)17(23)15-7-6-14(12-13-4-2-1-3-5-13)16(15)22-8-10-24-11-9-22/h1-5,12H,6-11H2/b14-12+. The van der Waals surface area contributed by atoms with E-state index in [-0.39, 0.29) is 0 Å². The van der Waals surface area contributed by atoms with Gasteiger partial charge >= 0.3 is 0 Å². The van der Waals surface area contributed by atoms with Gasteiger partial charge in [-0.25, -0.2) is 0 Å². The third-order valence-electron chi connectivity index (χ3n) is 4.23. The molecule has 1 aromatic rings. The van der Waals surface area contributed by atoms with Gasteiger partial charge in [-0.1, -0.05) is 65.1 Å². The van der Waals surface area contributed by atoms with E-state index in [1.165, 1.54) is 0 Å². The summed E-state index contributed by atoms with van der Waals surface area (Å²) in [6.45, 7) is 2.74. The number of hydrogen-bond donors (Lipinski definition) is 0. The topological polar surface area (TPSA) is 29.5 Å². The van der Waals surface area contributed by atoms with Crippen molar-refractivity contribution in [3.05, 3.63) is 52.7 Å². The van der Waals surface area contributed by atoms with E-state index < -0.39 is 9.58 Å². The van der Waals surface area contributed by atoms with Crippen molar-refractivity contribution in [1.29, 1.82) is 0 Å². The van der Waals surface area contributed by atoms with Crippen LogP contribution in [-0.2, 0) is 9.53 Å². The predicted octanol–water partition coefficient (Wildman–Crippen LogP) is 4.39. The van der Waals surface area contributed by atoms with Crippen LogP contribution in [0.2, 0.25) is 0 Å². The number of ketones is 1. The molecule has 0 radical (unpaired) electrons. The minimum absolute atomic E-state index is 0.426. The van der Waals surface area contributed by atoms with Gasteiger partial charge in [0.25, 0.3) is 3.79 Å². The molecule has 3 nitrogen and oxygen atoms in total.